The normalized spacial score (nSPS) is 14.3. The first kappa shape index (κ1) is 16.8. The Morgan fingerprint density at radius 2 is 1.68 bits per heavy atom. The van der Waals surface area contributed by atoms with E-state index in [2.05, 4.69) is 5.32 Å². The molecule has 2 aromatic carbocycles. The van der Waals surface area contributed by atoms with E-state index in [9.17, 15) is 9.59 Å². The maximum Gasteiger partial charge on any atom is 0.278 e. The summed E-state index contributed by atoms with van der Waals surface area (Å²) in [4.78, 5) is 26.8. The zero-order valence-corrected chi connectivity index (χ0v) is 14.5. The summed E-state index contributed by atoms with van der Waals surface area (Å²) in [6.07, 6.45) is 0. The van der Waals surface area contributed by atoms with Crippen LogP contribution in [-0.4, -0.2) is 30.4 Å². The van der Waals surface area contributed by atoms with E-state index in [1.165, 1.54) is 4.90 Å². The van der Waals surface area contributed by atoms with E-state index in [0.29, 0.717) is 23.4 Å². The summed E-state index contributed by atoms with van der Waals surface area (Å²) in [5, 5.41) is 3.12. The first-order valence-electron chi connectivity index (χ1n) is 8.14. The third kappa shape index (κ3) is 3.01. The van der Waals surface area contributed by atoms with Gasteiger partial charge in [-0.1, -0.05) is 35.9 Å². The number of benzene rings is 2. The molecule has 0 unspecified atom stereocenters. The fourth-order valence-corrected chi connectivity index (χ4v) is 2.86. The smallest absolute Gasteiger partial charge is 0.278 e. The van der Waals surface area contributed by atoms with Gasteiger partial charge in [-0.15, -0.1) is 0 Å². The van der Waals surface area contributed by atoms with Crippen molar-refractivity contribution in [2.45, 2.75) is 13.8 Å². The quantitative estimate of drug-likeness (QED) is 0.852. The summed E-state index contributed by atoms with van der Waals surface area (Å²) in [5.74, 6) is -0.0830. The lowest BCUT2D eigenvalue weighted by Crippen LogP contribution is -2.32. The van der Waals surface area contributed by atoms with Crippen LogP contribution in [0.2, 0.25) is 0 Å². The molecular formula is C20H20N2O3. The van der Waals surface area contributed by atoms with Gasteiger partial charge in [-0.3, -0.25) is 14.5 Å². The Hall–Kier alpha value is -3.08. The second kappa shape index (κ2) is 6.81. The molecule has 5 nitrogen and oxygen atoms in total. The van der Waals surface area contributed by atoms with Gasteiger partial charge in [0.15, 0.2) is 0 Å². The van der Waals surface area contributed by atoms with Gasteiger partial charge in [0.1, 0.15) is 11.4 Å². The van der Waals surface area contributed by atoms with Gasteiger partial charge in [0.05, 0.1) is 12.7 Å². The minimum Gasteiger partial charge on any atom is -0.496 e. The van der Waals surface area contributed by atoms with Crippen LogP contribution in [0.15, 0.2) is 54.2 Å². The van der Waals surface area contributed by atoms with E-state index in [1.54, 1.807) is 26.2 Å². The van der Waals surface area contributed by atoms with Crippen molar-refractivity contribution >= 4 is 23.1 Å². The molecule has 0 aromatic heterocycles. The fourth-order valence-electron chi connectivity index (χ4n) is 2.86. The molecule has 0 bridgehead atoms. The van der Waals surface area contributed by atoms with Crippen LogP contribution in [0.3, 0.4) is 0 Å². The Bertz CT molecular complexity index is 853. The molecular weight excluding hydrogens is 316 g/mol. The minimum atomic E-state index is -0.325. The highest BCUT2D eigenvalue weighted by Crippen LogP contribution is 2.35. The molecule has 1 N–H and O–H groups in total. The summed E-state index contributed by atoms with van der Waals surface area (Å²) < 4.78 is 5.38. The Kier molecular flexibility index (Phi) is 4.57. The van der Waals surface area contributed by atoms with Crippen LogP contribution in [0, 0.1) is 6.92 Å². The molecule has 3 rings (SSSR count). The van der Waals surface area contributed by atoms with Crippen molar-refractivity contribution in [2.24, 2.45) is 0 Å². The molecule has 5 heteroatoms. The van der Waals surface area contributed by atoms with Crippen LogP contribution in [0.4, 0.5) is 5.69 Å². The van der Waals surface area contributed by atoms with Crippen LogP contribution in [0.1, 0.15) is 18.1 Å². The zero-order valence-electron chi connectivity index (χ0n) is 14.5. The second-order valence-electron chi connectivity index (χ2n) is 5.80. The molecule has 1 aliphatic rings. The highest BCUT2D eigenvalue weighted by Gasteiger charge is 2.39. The molecule has 2 aromatic rings. The van der Waals surface area contributed by atoms with Gasteiger partial charge in [0.2, 0.25) is 0 Å². The number of ether oxygens (including phenoxy) is 1. The molecule has 0 aliphatic carbocycles. The van der Waals surface area contributed by atoms with Crippen LogP contribution >= 0.6 is 0 Å². The Balaban J connectivity index is 2.13. The number of para-hydroxylation sites is 1. The average Bonchev–Trinajstić information content (AvgIpc) is 2.86. The number of amides is 2. The molecule has 0 saturated heterocycles. The molecule has 0 atom stereocenters. The molecule has 0 fully saturated rings. The number of carbonyl (C=O) groups excluding carboxylic acids is 2. The van der Waals surface area contributed by atoms with Crippen molar-refractivity contribution in [3.8, 4) is 5.75 Å². The lowest BCUT2D eigenvalue weighted by atomic mass is 10.0. The second-order valence-corrected chi connectivity index (χ2v) is 5.80. The first-order valence-corrected chi connectivity index (χ1v) is 8.14. The maximum atomic E-state index is 12.8. The number of carbonyl (C=O) groups is 2. The maximum absolute atomic E-state index is 12.8. The molecule has 128 valence electrons. The van der Waals surface area contributed by atoms with Crippen molar-refractivity contribution < 1.29 is 14.3 Å². The van der Waals surface area contributed by atoms with Crippen LogP contribution in [-0.2, 0) is 9.59 Å². The SMILES string of the molecule is CCN1C(=O)C(Nc2ccc(C)cc2)=C(c2ccccc2OC)C1=O. The van der Waals surface area contributed by atoms with E-state index in [1.807, 2.05) is 43.3 Å². The molecule has 0 radical (unpaired) electrons. The number of nitrogens with one attached hydrogen (secondary N) is 1. The lowest BCUT2D eigenvalue weighted by molar-refractivity contribution is -0.136. The van der Waals surface area contributed by atoms with E-state index in [0.717, 1.165) is 11.3 Å². The van der Waals surface area contributed by atoms with Crippen LogP contribution in [0.5, 0.6) is 5.75 Å². The lowest BCUT2D eigenvalue weighted by Gasteiger charge is -2.12. The van der Waals surface area contributed by atoms with Crippen molar-refractivity contribution in [1.82, 2.24) is 4.90 Å². The summed E-state index contributed by atoms with van der Waals surface area (Å²) >= 11 is 0. The number of rotatable bonds is 5. The van der Waals surface area contributed by atoms with Gasteiger partial charge in [0, 0.05) is 17.8 Å². The van der Waals surface area contributed by atoms with E-state index >= 15 is 0 Å². The Morgan fingerprint density at radius 3 is 2.32 bits per heavy atom. The molecule has 2 amide bonds. The Labute approximate surface area is 146 Å². The minimum absolute atomic E-state index is 0.278. The molecule has 0 saturated carbocycles. The van der Waals surface area contributed by atoms with Crippen LogP contribution < -0.4 is 10.1 Å². The van der Waals surface area contributed by atoms with Gasteiger partial charge >= 0.3 is 0 Å². The molecule has 1 heterocycles. The highest BCUT2D eigenvalue weighted by molar-refractivity contribution is 6.37. The third-order valence-corrected chi connectivity index (χ3v) is 4.18. The number of hydrogen-bond donors (Lipinski definition) is 1. The van der Waals surface area contributed by atoms with E-state index < -0.39 is 0 Å². The van der Waals surface area contributed by atoms with Gasteiger partial charge in [0.25, 0.3) is 11.8 Å². The predicted octanol–water partition coefficient (Wildman–Crippen LogP) is 3.22. The zero-order chi connectivity index (χ0) is 18.0. The van der Waals surface area contributed by atoms with Crippen molar-refractivity contribution in [3.05, 3.63) is 65.4 Å². The number of hydrogen-bond acceptors (Lipinski definition) is 4. The standard InChI is InChI=1S/C20H20N2O3/c1-4-22-19(23)17(15-7-5-6-8-16(15)25-3)18(20(22)24)21-14-11-9-13(2)10-12-14/h5-12,21H,4H2,1-3H3. The number of aryl methyl sites for hydroxylation is 1. The number of likely N-dealkylation sites (N-methyl/N-ethyl adjacent to an activating group) is 1. The fraction of sp³-hybridized carbons (Fsp3) is 0.200. The number of nitrogens with zero attached hydrogens (tertiary/aromatic N) is 1. The number of imide groups is 1. The average molecular weight is 336 g/mol. The van der Waals surface area contributed by atoms with E-state index in [-0.39, 0.29) is 17.5 Å². The predicted molar refractivity (Wildman–Crippen MR) is 97.1 cm³/mol. The van der Waals surface area contributed by atoms with E-state index in [4.69, 9.17) is 4.74 Å². The van der Waals surface area contributed by atoms with Gasteiger partial charge in [-0.05, 0) is 32.0 Å². The Morgan fingerprint density at radius 1 is 1.00 bits per heavy atom. The monoisotopic (exact) mass is 336 g/mol. The summed E-state index contributed by atoms with van der Waals surface area (Å²) in [6, 6.07) is 14.9. The van der Waals surface area contributed by atoms with Crippen molar-refractivity contribution in [2.75, 3.05) is 19.0 Å². The summed E-state index contributed by atoms with van der Waals surface area (Å²) in [5.41, 5.74) is 3.10. The number of anilines is 1. The van der Waals surface area contributed by atoms with Crippen molar-refractivity contribution in [1.29, 1.82) is 0 Å². The molecule has 0 spiro atoms. The van der Waals surface area contributed by atoms with Crippen LogP contribution in [0.25, 0.3) is 5.57 Å². The molecule has 25 heavy (non-hydrogen) atoms. The third-order valence-electron chi connectivity index (χ3n) is 4.18. The first-order chi connectivity index (χ1) is 12.1. The molecule has 1 aliphatic heterocycles. The van der Waals surface area contributed by atoms with Gasteiger partial charge in [-0.25, -0.2) is 0 Å². The van der Waals surface area contributed by atoms with Gasteiger partial charge in [-0.2, -0.15) is 0 Å². The highest BCUT2D eigenvalue weighted by atomic mass is 16.5. The van der Waals surface area contributed by atoms with Gasteiger partial charge < -0.3 is 10.1 Å². The number of methoxy groups -OCH3 is 1. The topological polar surface area (TPSA) is 58.6 Å². The largest absolute Gasteiger partial charge is 0.496 e. The summed E-state index contributed by atoms with van der Waals surface area (Å²) in [7, 11) is 1.55. The van der Waals surface area contributed by atoms with Crippen molar-refractivity contribution in [3.63, 3.8) is 0 Å². The summed E-state index contributed by atoms with van der Waals surface area (Å²) in [6.45, 7) is 4.09.